The van der Waals surface area contributed by atoms with Crippen LogP contribution in [0.25, 0.3) is 10.9 Å². The maximum atomic E-state index is 13.5. The molecule has 0 saturated heterocycles. The average Bonchev–Trinajstić information content (AvgIpc) is 3.15. The number of likely N-dealkylation sites (N-methyl/N-ethyl adjacent to an activating group) is 1. The van der Waals surface area contributed by atoms with E-state index in [4.69, 9.17) is 9.47 Å². The van der Waals surface area contributed by atoms with Gasteiger partial charge in [0, 0.05) is 34.8 Å². The number of fused-ring (bicyclic) bond motifs is 1. The van der Waals surface area contributed by atoms with Crippen LogP contribution >= 0.6 is 40.1 Å². The van der Waals surface area contributed by atoms with E-state index in [9.17, 15) is 4.79 Å². The Morgan fingerprint density at radius 2 is 1.69 bits per heavy atom. The van der Waals surface area contributed by atoms with Crippen molar-refractivity contribution in [2.24, 2.45) is 0 Å². The molecule has 190 valence electrons. The van der Waals surface area contributed by atoms with Gasteiger partial charge in [0.25, 0.3) is 0 Å². The number of nitrogens with zero attached hydrogens (tertiary/aromatic N) is 2. The normalized spacial score (nSPS) is 10.9. The quantitative estimate of drug-likeness (QED) is 0.149. The smallest absolute Gasteiger partial charge is 0.340 e. The predicted molar refractivity (Wildman–Crippen MR) is 154 cm³/mol. The lowest BCUT2D eigenvalue weighted by molar-refractivity contribution is 0.0483. The highest BCUT2D eigenvalue weighted by molar-refractivity contribution is 9.10. The minimum absolute atomic E-state index is 0. The molecule has 0 spiro atoms. The lowest BCUT2D eigenvalue weighted by atomic mass is 10.1. The van der Waals surface area contributed by atoms with Crippen molar-refractivity contribution in [3.05, 3.63) is 94.1 Å². The Hall–Kier alpha value is -2.45. The zero-order chi connectivity index (χ0) is 24.8. The fraction of sp³-hybridized carbons (Fsp3) is 0.250. The third-order valence-corrected chi connectivity index (χ3v) is 7.37. The molecular weight excluding hydrogens is 560 g/mol. The van der Waals surface area contributed by atoms with Gasteiger partial charge in [0.1, 0.15) is 12.4 Å². The number of carbonyl (C=O) groups excluding carboxylic acids is 1. The van der Waals surface area contributed by atoms with Crippen LogP contribution in [0.1, 0.15) is 21.6 Å². The molecule has 3 aromatic carbocycles. The SMILES string of the molecule is COc1cc2c(C(=O)OCCN(C)C)c(CSc3ccccc3)n(Cc3ccccc3)c2cc1Br.Cl. The van der Waals surface area contributed by atoms with E-state index in [1.807, 2.05) is 67.5 Å². The van der Waals surface area contributed by atoms with Crippen LogP contribution in [0.2, 0.25) is 0 Å². The minimum atomic E-state index is -0.309. The van der Waals surface area contributed by atoms with E-state index in [0.29, 0.717) is 36.8 Å². The Kier molecular flexibility index (Phi) is 10.3. The summed E-state index contributed by atoms with van der Waals surface area (Å²) in [6.45, 7) is 1.64. The van der Waals surface area contributed by atoms with Crippen LogP contribution in [0.3, 0.4) is 0 Å². The Morgan fingerprint density at radius 3 is 2.33 bits per heavy atom. The van der Waals surface area contributed by atoms with Crippen LogP contribution in [0.15, 0.2) is 82.2 Å². The molecule has 0 amide bonds. The fourth-order valence-electron chi connectivity index (χ4n) is 3.94. The molecule has 0 unspecified atom stereocenters. The molecule has 0 N–H and O–H groups in total. The average molecular weight is 590 g/mol. The van der Waals surface area contributed by atoms with E-state index < -0.39 is 0 Å². The summed E-state index contributed by atoms with van der Waals surface area (Å²) >= 11 is 5.34. The number of carbonyl (C=O) groups is 1. The van der Waals surface area contributed by atoms with Gasteiger partial charge in [-0.3, -0.25) is 0 Å². The first kappa shape index (κ1) is 28.1. The summed E-state index contributed by atoms with van der Waals surface area (Å²) in [6.07, 6.45) is 0. The molecule has 8 heteroatoms. The largest absolute Gasteiger partial charge is 0.496 e. The van der Waals surface area contributed by atoms with Gasteiger partial charge >= 0.3 is 5.97 Å². The fourth-order valence-corrected chi connectivity index (χ4v) is 5.39. The van der Waals surface area contributed by atoms with E-state index in [2.05, 4.69) is 44.8 Å². The monoisotopic (exact) mass is 588 g/mol. The molecule has 0 saturated carbocycles. The van der Waals surface area contributed by atoms with Crippen LogP contribution < -0.4 is 4.74 Å². The second-order valence-electron chi connectivity index (χ2n) is 8.44. The van der Waals surface area contributed by atoms with Crippen LogP contribution in [0, 0.1) is 0 Å². The van der Waals surface area contributed by atoms with Crippen molar-refractivity contribution in [3.8, 4) is 5.75 Å². The molecule has 0 atom stereocenters. The number of halogens is 2. The summed E-state index contributed by atoms with van der Waals surface area (Å²) in [4.78, 5) is 16.7. The third kappa shape index (κ3) is 6.65. The topological polar surface area (TPSA) is 43.7 Å². The second kappa shape index (κ2) is 13.2. The highest BCUT2D eigenvalue weighted by Crippen LogP contribution is 2.38. The van der Waals surface area contributed by atoms with Gasteiger partial charge in [-0.1, -0.05) is 48.5 Å². The summed E-state index contributed by atoms with van der Waals surface area (Å²) in [7, 11) is 5.56. The van der Waals surface area contributed by atoms with Gasteiger partial charge < -0.3 is 18.9 Å². The Labute approximate surface area is 231 Å². The number of benzene rings is 3. The van der Waals surface area contributed by atoms with Gasteiger partial charge in [-0.2, -0.15) is 0 Å². The van der Waals surface area contributed by atoms with E-state index in [1.54, 1.807) is 18.9 Å². The summed E-state index contributed by atoms with van der Waals surface area (Å²) in [5.74, 6) is 1.000. The van der Waals surface area contributed by atoms with Crippen molar-refractivity contribution in [1.82, 2.24) is 9.47 Å². The summed E-state index contributed by atoms with van der Waals surface area (Å²) in [6, 6.07) is 24.5. The highest BCUT2D eigenvalue weighted by Gasteiger charge is 2.25. The molecule has 5 nitrogen and oxygen atoms in total. The molecule has 0 radical (unpaired) electrons. The van der Waals surface area contributed by atoms with Crippen molar-refractivity contribution in [3.63, 3.8) is 0 Å². The first-order valence-electron chi connectivity index (χ1n) is 11.4. The molecule has 4 rings (SSSR count). The van der Waals surface area contributed by atoms with Crippen LogP contribution in [0.5, 0.6) is 5.75 Å². The first-order valence-corrected chi connectivity index (χ1v) is 13.2. The van der Waals surface area contributed by atoms with Crippen molar-refractivity contribution in [2.75, 3.05) is 34.4 Å². The van der Waals surface area contributed by atoms with Crippen LogP contribution in [0.4, 0.5) is 0 Å². The number of hydrogen-bond donors (Lipinski definition) is 0. The second-order valence-corrected chi connectivity index (χ2v) is 10.3. The molecule has 1 heterocycles. The van der Waals surface area contributed by atoms with Gasteiger partial charge in [-0.25, -0.2) is 4.79 Å². The van der Waals surface area contributed by atoms with Gasteiger partial charge in [-0.15, -0.1) is 24.2 Å². The third-order valence-electron chi connectivity index (χ3n) is 5.72. The summed E-state index contributed by atoms with van der Waals surface area (Å²) in [5.41, 5.74) is 3.66. The number of hydrogen-bond acceptors (Lipinski definition) is 5. The first-order chi connectivity index (χ1) is 17.0. The molecule has 36 heavy (non-hydrogen) atoms. The van der Waals surface area contributed by atoms with Crippen molar-refractivity contribution < 1.29 is 14.3 Å². The molecule has 0 aliphatic rings. The van der Waals surface area contributed by atoms with Crippen molar-refractivity contribution in [1.29, 1.82) is 0 Å². The number of methoxy groups -OCH3 is 1. The van der Waals surface area contributed by atoms with Gasteiger partial charge in [0.2, 0.25) is 0 Å². The maximum Gasteiger partial charge on any atom is 0.340 e. The molecular formula is C28H30BrClN2O3S. The molecule has 0 aliphatic carbocycles. The van der Waals surface area contributed by atoms with Crippen molar-refractivity contribution >= 4 is 57.0 Å². The lowest BCUT2D eigenvalue weighted by Gasteiger charge is -2.13. The zero-order valence-corrected chi connectivity index (χ0v) is 23.8. The molecule has 4 aromatic rings. The maximum absolute atomic E-state index is 13.5. The van der Waals surface area contributed by atoms with Crippen molar-refractivity contribution in [2.45, 2.75) is 17.2 Å². The predicted octanol–water partition coefficient (Wildman–Crippen LogP) is 6.89. The molecule has 0 bridgehead atoms. The summed E-state index contributed by atoms with van der Waals surface area (Å²) in [5, 5.41) is 0.833. The number of thioether (sulfide) groups is 1. The Bertz CT molecular complexity index is 1300. The van der Waals surface area contributed by atoms with E-state index >= 15 is 0 Å². The van der Waals surface area contributed by atoms with E-state index in [0.717, 1.165) is 31.5 Å². The molecule has 0 fully saturated rings. The number of esters is 1. The standard InChI is InChI=1S/C28H29BrN2O3S.ClH/c1-30(2)14-15-34-28(32)27-22-16-26(33-3)23(29)17-24(22)31(18-20-10-6-4-7-11-20)25(27)19-35-21-12-8-5-9-13-21;/h4-13,16-17H,14-15,18-19H2,1-3H3;1H. The van der Waals surface area contributed by atoms with E-state index in [-0.39, 0.29) is 18.4 Å². The van der Waals surface area contributed by atoms with Crippen LogP contribution in [-0.2, 0) is 17.0 Å². The Morgan fingerprint density at radius 1 is 1.03 bits per heavy atom. The Balaban J connectivity index is 0.00000361. The molecule has 1 aromatic heterocycles. The number of rotatable bonds is 10. The van der Waals surface area contributed by atoms with Gasteiger partial charge in [-0.05, 0) is 59.9 Å². The number of aromatic nitrogens is 1. The van der Waals surface area contributed by atoms with E-state index in [1.165, 1.54) is 0 Å². The number of ether oxygens (including phenoxy) is 2. The highest BCUT2D eigenvalue weighted by atomic mass is 79.9. The zero-order valence-electron chi connectivity index (χ0n) is 20.6. The van der Waals surface area contributed by atoms with Gasteiger partial charge in [0.05, 0.1) is 22.7 Å². The molecule has 0 aliphatic heterocycles. The van der Waals surface area contributed by atoms with Crippen LogP contribution in [-0.4, -0.2) is 49.8 Å². The minimum Gasteiger partial charge on any atom is -0.496 e. The van der Waals surface area contributed by atoms with Gasteiger partial charge in [0.15, 0.2) is 0 Å². The summed E-state index contributed by atoms with van der Waals surface area (Å²) < 4.78 is 14.4. The lowest BCUT2D eigenvalue weighted by Crippen LogP contribution is -2.20.